The number of halogens is 1. The molecule has 0 unspecified atom stereocenters. The molecule has 32 heavy (non-hydrogen) atoms. The Morgan fingerprint density at radius 2 is 1.91 bits per heavy atom. The topological polar surface area (TPSA) is 73.0 Å². The standard InChI is InChI=1S/C24H19BrN4O2S/c1-2-29-23(21-13-16-12-17(25)10-11-20(16)31-21)27-28-24(29)32-14-22(30)26-19-9-5-7-15-6-3-4-8-18(15)19/h3-13H,2,14H2,1H3,(H,26,30). The minimum absolute atomic E-state index is 0.0906. The first-order valence-corrected chi connectivity index (χ1v) is 11.9. The van der Waals surface area contributed by atoms with Gasteiger partial charge in [-0.2, -0.15) is 0 Å². The summed E-state index contributed by atoms with van der Waals surface area (Å²) < 4.78 is 8.93. The quantitative estimate of drug-likeness (QED) is 0.271. The molecule has 0 radical (unpaired) electrons. The summed E-state index contributed by atoms with van der Waals surface area (Å²) in [5, 5.41) is 15.4. The summed E-state index contributed by atoms with van der Waals surface area (Å²) in [5.74, 6) is 1.44. The van der Waals surface area contributed by atoms with Crippen LogP contribution >= 0.6 is 27.7 Å². The molecule has 2 aromatic heterocycles. The van der Waals surface area contributed by atoms with Crippen molar-refractivity contribution >= 4 is 61.0 Å². The van der Waals surface area contributed by atoms with Crippen LogP contribution in [-0.2, 0) is 11.3 Å². The summed E-state index contributed by atoms with van der Waals surface area (Å²) in [7, 11) is 0. The van der Waals surface area contributed by atoms with E-state index >= 15 is 0 Å². The average molecular weight is 507 g/mol. The first-order valence-electron chi connectivity index (χ1n) is 10.2. The van der Waals surface area contributed by atoms with Gasteiger partial charge in [0, 0.05) is 27.5 Å². The summed E-state index contributed by atoms with van der Waals surface area (Å²) in [5.41, 5.74) is 1.59. The molecular weight excluding hydrogens is 488 g/mol. The fraction of sp³-hybridized carbons (Fsp3) is 0.125. The Bertz CT molecular complexity index is 1440. The Kier molecular flexibility index (Phi) is 5.71. The monoisotopic (exact) mass is 506 g/mol. The van der Waals surface area contributed by atoms with Crippen LogP contribution in [0.2, 0.25) is 0 Å². The molecule has 1 N–H and O–H groups in total. The number of hydrogen-bond donors (Lipinski definition) is 1. The minimum atomic E-state index is -0.0906. The van der Waals surface area contributed by atoms with Crippen molar-refractivity contribution in [3.63, 3.8) is 0 Å². The van der Waals surface area contributed by atoms with Crippen molar-refractivity contribution in [2.45, 2.75) is 18.6 Å². The Balaban J connectivity index is 1.33. The predicted octanol–water partition coefficient (Wildman–Crippen LogP) is 6.36. The van der Waals surface area contributed by atoms with Gasteiger partial charge in [-0.15, -0.1) is 10.2 Å². The summed E-state index contributed by atoms with van der Waals surface area (Å²) in [6, 6.07) is 21.7. The SMILES string of the molecule is CCn1c(SCC(=O)Nc2cccc3ccccc23)nnc1-c1cc2cc(Br)ccc2o1. The zero-order chi connectivity index (χ0) is 22.1. The van der Waals surface area contributed by atoms with Crippen molar-refractivity contribution < 1.29 is 9.21 Å². The highest BCUT2D eigenvalue weighted by Crippen LogP contribution is 2.31. The van der Waals surface area contributed by atoms with Gasteiger partial charge in [0.25, 0.3) is 0 Å². The van der Waals surface area contributed by atoms with Crippen LogP contribution in [0.1, 0.15) is 6.92 Å². The summed E-state index contributed by atoms with van der Waals surface area (Å²) in [6.07, 6.45) is 0. The molecule has 5 aromatic rings. The lowest BCUT2D eigenvalue weighted by molar-refractivity contribution is -0.113. The van der Waals surface area contributed by atoms with Crippen molar-refractivity contribution in [1.82, 2.24) is 14.8 Å². The fourth-order valence-electron chi connectivity index (χ4n) is 3.64. The predicted molar refractivity (Wildman–Crippen MR) is 132 cm³/mol. The number of anilines is 1. The Morgan fingerprint density at radius 3 is 2.78 bits per heavy atom. The van der Waals surface area contributed by atoms with Crippen LogP contribution < -0.4 is 5.32 Å². The zero-order valence-electron chi connectivity index (χ0n) is 17.2. The van der Waals surface area contributed by atoms with Gasteiger partial charge in [-0.25, -0.2) is 0 Å². The number of nitrogens with zero attached hydrogens (tertiary/aromatic N) is 3. The molecule has 5 rings (SSSR count). The minimum Gasteiger partial charge on any atom is -0.453 e. The molecule has 8 heteroatoms. The molecule has 0 aliphatic rings. The number of benzene rings is 3. The highest BCUT2D eigenvalue weighted by Gasteiger charge is 2.18. The number of rotatable bonds is 6. The number of thioether (sulfide) groups is 1. The summed E-state index contributed by atoms with van der Waals surface area (Å²) >= 11 is 4.84. The molecule has 0 saturated carbocycles. The van der Waals surface area contributed by atoms with Gasteiger partial charge in [0.15, 0.2) is 10.9 Å². The van der Waals surface area contributed by atoms with Crippen LogP contribution in [0.15, 0.2) is 80.8 Å². The fourth-order valence-corrected chi connectivity index (χ4v) is 4.82. The van der Waals surface area contributed by atoms with Gasteiger partial charge in [0.1, 0.15) is 5.58 Å². The smallest absolute Gasteiger partial charge is 0.234 e. The third kappa shape index (κ3) is 4.03. The zero-order valence-corrected chi connectivity index (χ0v) is 19.6. The van der Waals surface area contributed by atoms with E-state index in [0.717, 1.165) is 31.9 Å². The van der Waals surface area contributed by atoms with Crippen LogP contribution in [0.3, 0.4) is 0 Å². The Hall–Kier alpha value is -3.10. The van der Waals surface area contributed by atoms with Gasteiger partial charge < -0.3 is 9.73 Å². The first kappa shape index (κ1) is 20.8. The number of carbonyl (C=O) groups is 1. The van der Waals surface area contributed by atoms with Crippen molar-refractivity contribution in [1.29, 1.82) is 0 Å². The molecule has 0 fully saturated rings. The molecule has 1 amide bonds. The van der Waals surface area contributed by atoms with Crippen molar-refractivity contribution in [2.24, 2.45) is 0 Å². The van der Waals surface area contributed by atoms with E-state index in [1.807, 2.05) is 78.2 Å². The highest BCUT2D eigenvalue weighted by molar-refractivity contribution is 9.10. The second-order valence-corrected chi connectivity index (χ2v) is 9.06. The summed E-state index contributed by atoms with van der Waals surface area (Å²) in [6.45, 7) is 2.68. The van der Waals surface area contributed by atoms with Gasteiger partial charge in [0.05, 0.1) is 5.75 Å². The molecule has 2 heterocycles. The molecule has 0 spiro atoms. The van der Waals surface area contributed by atoms with Gasteiger partial charge in [-0.3, -0.25) is 9.36 Å². The van der Waals surface area contributed by atoms with Gasteiger partial charge in [0.2, 0.25) is 11.7 Å². The molecule has 0 bridgehead atoms. The van der Waals surface area contributed by atoms with E-state index in [-0.39, 0.29) is 11.7 Å². The van der Waals surface area contributed by atoms with E-state index in [9.17, 15) is 4.79 Å². The van der Waals surface area contributed by atoms with Gasteiger partial charge >= 0.3 is 0 Å². The van der Waals surface area contributed by atoms with Crippen LogP contribution in [0, 0.1) is 0 Å². The Labute approximate surface area is 197 Å². The van der Waals surface area contributed by atoms with Crippen molar-refractivity contribution in [2.75, 3.05) is 11.1 Å². The van der Waals surface area contributed by atoms with Crippen molar-refractivity contribution in [3.8, 4) is 11.6 Å². The van der Waals surface area contributed by atoms with Crippen LogP contribution in [0.5, 0.6) is 0 Å². The normalized spacial score (nSPS) is 11.3. The van der Waals surface area contributed by atoms with E-state index < -0.39 is 0 Å². The number of carbonyl (C=O) groups excluding carboxylic acids is 1. The largest absolute Gasteiger partial charge is 0.453 e. The molecule has 0 atom stereocenters. The molecule has 0 saturated heterocycles. The van der Waals surface area contributed by atoms with Crippen LogP contribution in [0.4, 0.5) is 5.69 Å². The summed E-state index contributed by atoms with van der Waals surface area (Å²) in [4.78, 5) is 12.6. The van der Waals surface area contributed by atoms with Crippen molar-refractivity contribution in [3.05, 3.63) is 71.2 Å². The number of fused-ring (bicyclic) bond motifs is 2. The first-order chi connectivity index (χ1) is 15.6. The third-order valence-corrected chi connectivity index (χ3v) is 6.59. The molecular formula is C24H19BrN4O2S. The molecule has 160 valence electrons. The second kappa shape index (κ2) is 8.80. The lowest BCUT2D eigenvalue weighted by atomic mass is 10.1. The number of hydrogen-bond acceptors (Lipinski definition) is 5. The van der Waals surface area contributed by atoms with Gasteiger partial charge in [-0.1, -0.05) is 64.1 Å². The lowest BCUT2D eigenvalue weighted by Crippen LogP contribution is -2.15. The lowest BCUT2D eigenvalue weighted by Gasteiger charge is -2.09. The van der Waals surface area contributed by atoms with E-state index in [1.54, 1.807) is 0 Å². The van der Waals surface area contributed by atoms with E-state index in [0.29, 0.717) is 23.3 Å². The number of nitrogens with one attached hydrogen (secondary N) is 1. The number of amides is 1. The molecule has 3 aromatic carbocycles. The van der Waals surface area contributed by atoms with Crippen LogP contribution in [0.25, 0.3) is 33.3 Å². The molecule has 0 aliphatic carbocycles. The number of aromatic nitrogens is 3. The molecule has 6 nitrogen and oxygen atoms in total. The van der Waals surface area contributed by atoms with Crippen LogP contribution in [-0.4, -0.2) is 26.4 Å². The second-order valence-electron chi connectivity index (χ2n) is 7.21. The van der Waals surface area contributed by atoms with Gasteiger partial charge in [-0.05, 0) is 42.6 Å². The highest BCUT2D eigenvalue weighted by atomic mass is 79.9. The number of furan rings is 1. The van der Waals surface area contributed by atoms with E-state index in [1.165, 1.54) is 11.8 Å². The average Bonchev–Trinajstić information content (AvgIpc) is 3.41. The third-order valence-electron chi connectivity index (χ3n) is 5.13. The maximum atomic E-state index is 12.6. The van der Waals surface area contributed by atoms with E-state index in [4.69, 9.17) is 4.42 Å². The maximum Gasteiger partial charge on any atom is 0.234 e. The molecule has 0 aliphatic heterocycles. The maximum absolute atomic E-state index is 12.6. The Morgan fingerprint density at radius 1 is 1.06 bits per heavy atom. The van der Waals surface area contributed by atoms with E-state index in [2.05, 4.69) is 31.4 Å².